The van der Waals surface area contributed by atoms with Gasteiger partial charge in [-0.2, -0.15) is 10.2 Å². The number of H-pyrrole nitrogens is 1. The van der Waals surface area contributed by atoms with Crippen LogP contribution in [0.5, 0.6) is 0 Å². The number of nitrogens with zero attached hydrogens (tertiary/aromatic N) is 6. The fourth-order valence-corrected chi connectivity index (χ4v) is 5.60. The third kappa shape index (κ3) is 4.00. The zero-order valence-corrected chi connectivity index (χ0v) is 22.0. The van der Waals surface area contributed by atoms with Crippen molar-refractivity contribution in [2.24, 2.45) is 7.05 Å². The fraction of sp³-hybridized carbons (Fsp3) is 0.250. The Hall–Kier alpha value is -4.97. The molecule has 1 aromatic carbocycles. The van der Waals surface area contributed by atoms with Gasteiger partial charge < -0.3 is 25.3 Å². The number of carbonyl (C=O) groups is 1. The van der Waals surface area contributed by atoms with E-state index in [9.17, 15) is 9.59 Å². The number of rotatable bonds is 5. The van der Waals surface area contributed by atoms with Crippen LogP contribution in [-0.4, -0.2) is 55.7 Å². The van der Waals surface area contributed by atoms with Crippen molar-refractivity contribution in [1.82, 2.24) is 29.5 Å². The molecule has 4 aromatic heterocycles. The fourth-order valence-electron chi connectivity index (χ4n) is 5.60. The van der Waals surface area contributed by atoms with E-state index >= 15 is 0 Å². The molecule has 6 heterocycles. The minimum Gasteiger partial charge on any atom is -0.379 e. The number of para-hydroxylation sites is 1. The molecular formula is C28H27N9O3. The van der Waals surface area contributed by atoms with E-state index in [-0.39, 0.29) is 17.5 Å². The Kier molecular flexibility index (Phi) is 5.63. The largest absolute Gasteiger partial charge is 0.379 e. The molecule has 0 saturated carbocycles. The van der Waals surface area contributed by atoms with Gasteiger partial charge in [0.1, 0.15) is 5.82 Å². The summed E-state index contributed by atoms with van der Waals surface area (Å²) in [6.07, 6.45) is 7.54. The lowest BCUT2D eigenvalue weighted by Gasteiger charge is -2.31. The standard InChI is InChI=1S/C28H27N9O3/c1-35-14-23-19(12-31-37(23)17-7-9-40-15-17)18-4-3-5-21(26(18)35)32-22-10-24(33-20-6-8-29-28(39)25(20)22)34-27(38)16-11-30-36(2)13-16/h3-6,8,10-13,17H,7,9,14-15H2,1-2H3,(H,29,39)(H2,32,33,34,38)/t17-/m1/s1. The molecule has 1 amide bonds. The van der Waals surface area contributed by atoms with Crippen molar-refractivity contribution in [3.63, 3.8) is 0 Å². The number of carbonyl (C=O) groups excluding carboxylic acids is 1. The van der Waals surface area contributed by atoms with Gasteiger partial charge in [0, 0.05) is 50.3 Å². The van der Waals surface area contributed by atoms with Gasteiger partial charge in [-0.25, -0.2) is 4.98 Å². The maximum atomic E-state index is 12.9. The molecule has 1 saturated heterocycles. The van der Waals surface area contributed by atoms with E-state index in [1.807, 2.05) is 25.4 Å². The first-order valence-electron chi connectivity index (χ1n) is 13.0. The summed E-state index contributed by atoms with van der Waals surface area (Å²) in [7, 11) is 3.79. The van der Waals surface area contributed by atoms with E-state index in [4.69, 9.17) is 9.84 Å². The second-order valence-electron chi connectivity index (χ2n) is 10.1. The van der Waals surface area contributed by atoms with Crippen molar-refractivity contribution < 1.29 is 9.53 Å². The van der Waals surface area contributed by atoms with E-state index in [0.717, 1.165) is 41.2 Å². The van der Waals surface area contributed by atoms with Crippen LogP contribution >= 0.6 is 0 Å². The number of aromatic amines is 1. The SMILES string of the molecule is CN1Cc2c(cnn2[C@@H]2CCOC2)-c2cccc(Nc3cc(NC(=O)c4cnn(C)c4)nc4cc[nH]c(=O)c34)c21. The number of anilines is 4. The minimum atomic E-state index is -0.343. The highest BCUT2D eigenvalue weighted by Gasteiger charge is 2.30. The molecule has 40 heavy (non-hydrogen) atoms. The molecule has 0 spiro atoms. The molecule has 3 N–H and O–H groups in total. The molecule has 7 rings (SSSR count). The van der Waals surface area contributed by atoms with Crippen molar-refractivity contribution in [2.75, 3.05) is 35.8 Å². The summed E-state index contributed by atoms with van der Waals surface area (Å²) >= 11 is 0. The maximum Gasteiger partial charge on any atom is 0.260 e. The van der Waals surface area contributed by atoms with E-state index in [0.29, 0.717) is 41.1 Å². The summed E-state index contributed by atoms with van der Waals surface area (Å²) in [5.41, 5.74) is 6.23. The van der Waals surface area contributed by atoms with Crippen LogP contribution in [0.2, 0.25) is 0 Å². The highest BCUT2D eigenvalue weighted by Crippen LogP contribution is 2.45. The van der Waals surface area contributed by atoms with Gasteiger partial charge in [-0.15, -0.1) is 0 Å². The molecule has 0 unspecified atom stereocenters. The third-order valence-corrected chi connectivity index (χ3v) is 7.45. The molecule has 0 bridgehead atoms. The predicted molar refractivity (Wildman–Crippen MR) is 151 cm³/mol. The Morgan fingerprint density at radius 2 is 2.02 bits per heavy atom. The molecule has 12 nitrogen and oxygen atoms in total. The van der Waals surface area contributed by atoms with Crippen LogP contribution in [0.15, 0.2) is 59.9 Å². The Morgan fingerprint density at radius 3 is 2.83 bits per heavy atom. The molecule has 2 aliphatic rings. The first kappa shape index (κ1) is 24.1. The highest BCUT2D eigenvalue weighted by molar-refractivity contribution is 6.05. The number of ether oxygens (including phenoxy) is 1. The average Bonchev–Trinajstić information content (AvgIpc) is 3.70. The van der Waals surface area contributed by atoms with Gasteiger partial charge in [-0.1, -0.05) is 12.1 Å². The Labute approximate surface area is 228 Å². The highest BCUT2D eigenvalue weighted by atomic mass is 16.5. The molecule has 1 fully saturated rings. The van der Waals surface area contributed by atoms with Gasteiger partial charge in [0.2, 0.25) is 0 Å². The Bertz CT molecular complexity index is 1830. The van der Waals surface area contributed by atoms with Gasteiger partial charge in [0.15, 0.2) is 0 Å². The zero-order valence-electron chi connectivity index (χ0n) is 22.0. The van der Waals surface area contributed by atoms with Gasteiger partial charge in [0.05, 0.1) is 70.8 Å². The molecule has 2 aliphatic heterocycles. The van der Waals surface area contributed by atoms with Gasteiger partial charge >= 0.3 is 0 Å². The van der Waals surface area contributed by atoms with Gasteiger partial charge in [-0.05, 0) is 18.6 Å². The average molecular weight is 538 g/mol. The van der Waals surface area contributed by atoms with E-state index in [2.05, 4.69) is 41.3 Å². The maximum absolute atomic E-state index is 12.9. The number of hydrogen-bond donors (Lipinski definition) is 3. The lowest BCUT2D eigenvalue weighted by atomic mass is 9.97. The second kappa shape index (κ2) is 9.35. The van der Waals surface area contributed by atoms with Crippen molar-refractivity contribution >= 4 is 39.7 Å². The van der Waals surface area contributed by atoms with Crippen LogP contribution in [0.1, 0.15) is 28.5 Å². The summed E-state index contributed by atoms with van der Waals surface area (Å²) in [6, 6.07) is 9.68. The summed E-state index contributed by atoms with van der Waals surface area (Å²) in [6.45, 7) is 2.11. The first-order valence-corrected chi connectivity index (χ1v) is 13.0. The summed E-state index contributed by atoms with van der Waals surface area (Å²) < 4.78 is 9.27. The number of pyridine rings is 2. The van der Waals surface area contributed by atoms with Crippen LogP contribution in [-0.2, 0) is 18.3 Å². The van der Waals surface area contributed by atoms with Crippen LogP contribution in [0, 0.1) is 0 Å². The van der Waals surface area contributed by atoms with Crippen LogP contribution in [0.3, 0.4) is 0 Å². The molecule has 202 valence electrons. The summed E-state index contributed by atoms with van der Waals surface area (Å²) in [5.74, 6) is -0.0280. The Balaban J connectivity index is 1.29. The molecule has 0 radical (unpaired) electrons. The van der Waals surface area contributed by atoms with Crippen LogP contribution < -0.4 is 21.1 Å². The van der Waals surface area contributed by atoms with Crippen molar-refractivity contribution in [2.45, 2.75) is 19.0 Å². The molecule has 5 aromatic rings. The number of hydrogen-bond acceptors (Lipinski definition) is 8. The third-order valence-electron chi connectivity index (χ3n) is 7.45. The number of benzene rings is 1. The minimum absolute atomic E-state index is 0.246. The van der Waals surface area contributed by atoms with Crippen LogP contribution in [0.25, 0.3) is 22.0 Å². The van der Waals surface area contributed by atoms with E-state index in [1.54, 1.807) is 36.3 Å². The zero-order chi connectivity index (χ0) is 27.4. The van der Waals surface area contributed by atoms with Gasteiger partial charge in [-0.3, -0.25) is 19.0 Å². The molecular weight excluding hydrogens is 510 g/mol. The number of aryl methyl sites for hydroxylation is 1. The Morgan fingerprint density at radius 1 is 1.12 bits per heavy atom. The normalized spacial score (nSPS) is 16.1. The quantitative estimate of drug-likeness (QED) is 0.310. The summed E-state index contributed by atoms with van der Waals surface area (Å²) in [4.78, 5) is 35.2. The number of fused-ring (bicyclic) bond motifs is 4. The van der Waals surface area contributed by atoms with Crippen LogP contribution in [0.4, 0.5) is 22.9 Å². The van der Waals surface area contributed by atoms with E-state index < -0.39 is 0 Å². The molecule has 0 aliphatic carbocycles. The summed E-state index contributed by atoms with van der Waals surface area (Å²) in [5, 5.41) is 15.5. The number of nitrogens with one attached hydrogen (secondary N) is 3. The smallest absolute Gasteiger partial charge is 0.260 e. The molecule has 1 atom stereocenters. The van der Waals surface area contributed by atoms with Gasteiger partial charge in [0.25, 0.3) is 11.5 Å². The number of aromatic nitrogens is 6. The van der Waals surface area contributed by atoms with Crippen molar-refractivity contribution in [1.29, 1.82) is 0 Å². The topological polar surface area (TPSA) is 135 Å². The second-order valence-corrected chi connectivity index (χ2v) is 10.1. The van der Waals surface area contributed by atoms with E-state index in [1.165, 1.54) is 6.20 Å². The molecule has 12 heteroatoms. The first-order chi connectivity index (χ1) is 19.5. The van der Waals surface area contributed by atoms with Crippen molar-refractivity contribution in [3.8, 4) is 11.1 Å². The monoisotopic (exact) mass is 537 g/mol. The lowest BCUT2D eigenvalue weighted by Crippen LogP contribution is -2.26. The van der Waals surface area contributed by atoms with Crippen molar-refractivity contribution in [3.05, 3.63) is 76.7 Å². The number of amides is 1. The lowest BCUT2D eigenvalue weighted by molar-refractivity contribution is 0.102. The predicted octanol–water partition coefficient (Wildman–Crippen LogP) is 3.43.